The molecule has 0 radical (unpaired) electrons. The average molecular weight is 294 g/mol. The molecule has 2 rings (SSSR count). The van der Waals surface area contributed by atoms with Crippen LogP contribution in [0.4, 0.5) is 0 Å². The van der Waals surface area contributed by atoms with Crippen LogP contribution in [-0.2, 0) is 0 Å². The van der Waals surface area contributed by atoms with E-state index in [4.69, 9.17) is 11.6 Å². The number of hydrogen-bond donors (Lipinski definition) is 1. The molecule has 1 N–H and O–H groups in total. The summed E-state index contributed by atoms with van der Waals surface area (Å²) in [5.41, 5.74) is 2.37. The van der Waals surface area contributed by atoms with Crippen molar-refractivity contribution in [1.82, 2.24) is 0 Å². The van der Waals surface area contributed by atoms with Crippen molar-refractivity contribution in [2.24, 2.45) is 16.8 Å². The van der Waals surface area contributed by atoms with Crippen LogP contribution in [0.25, 0.3) is 0 Å². The highest BCUT2D eigenvalue weighted by Crippen LogP contribution is 2.33. The average Bonchev–Trinajstić information content (AvgIpc) is 2.40. The molecule has 3 heteroatoms. The molecule has 2 unspecified atom stereocenters. The molecule has 0 saturated heterocycles. The Morgan fingerprint density at radius 1 is 1.35 bits per heavy atom. The van der Waals surface area contributed by atoms with Gasteiger partial charge in [-0.05, 0) is 63.0 Å². The van der Waals surface area contributed by atoms with E-state index in [0.29, 0.717) is 11.7 Å². The fourth-order valence-corrected chi connectivity index (χ4v) is 3.13. The van der Waals surface area contributed by atoms with E-state index in [1.165, 1.54) is 5.57 Å². The van der Waals surface area contributed by atoms with Crippen molar-refractivity contribution in [3.05, 3.63) is 34.2 Å². The molecular weight excluding hydrogens is 270 g/mol. The van der Waals surface area contributed by atoms with E-state index in [9.17, 15) is 5.11 Å². The molecule has 0 saturated carbocycles. The molecule has 0 aromatic heterocycles. The standard InChI is InChI=1S/C17H24ClNO/c1-12-5-3-4-6-16(20)14-7-8-15(11-19-10-9-14)17(18)13(12)2/h6,10-12,14,20H,3-5,7-9H2,1-2H3/b15-11+,16-6-,17-13+,19-10?. The van der Waals surface area contributed by atoms with Crippen molar-refractivity contribution in [2.75, 3.05) is 0 Å². The maximum Gasteiger partial charge on any atom is 0.0917 e. The summed E-state index contributed by atoms with van der Waals surface area (Å²) in [5.74, 6) is 1.19. The van der Waals surface area contributed by atoms with Gasteiger partial charge >= 0.3 is 0 Å². The van der Waals surface area contributed by atoms with E-state index in [-0.39, 0.29) is 5.92 Å². The highest BCUT2D eigenvalue weighted by atomic mass is 35.5. The smallest absolute Gasteiger partial charge is 0.0917 e. The molecule has 1 aliphatic heterocycles. The van der Waals surface area contributed by atoms with Gasteiger partial charge in [0.1, 0.15) is 0 Å². The number of hydrogen-bond acceptors (Lipinski definition) is 2. The first-order valence-corrected chi connectivity index (χ1v) is 7.93. The van der Waals surface area contributed by atoms with Crippen LogP contribution >= 0.6 is 11.6 Å². The van der Waals surface area contributed by atoms with Gasteiger partial charge in [0.15, 0.2) is 0 Å². The van der Waals surface area contributed by atoms with Crippen LogP contribution in [0.3, 0.4) is 0 Å². The maximum absolute atomic E-state index is 10.2. The lowest BCUT2D eigenvalue weighted by Gasteiger charge is -2.21. The number of halogens is 1. The van der Waals surface area contributed by atoms with E-state index in [1.807, 2.05) is 18.5 Å². The largest absolute Gasteiger partial charge is 0.512 e. The molecule has 0 aromatic rings. The predicted molar refractivity (Wildman–Crippen MR) is 86.2 cm³/mol. The Balaban J connectivity index is 2.35. The zero-order valence-electron chi connectivity index (χ0n) is 12.4. The fraction of sp³-hybridized carbons (Fsp3) is 0.588. The van der Waals surface area contributed by atoms with Crippen molar-refractivity contribution in [2.45, 2.75) is 52.4 Å². The molecular formula is C17H24ClNO. The molecule has 2 nitrogen and oxygen atoms in total. The predicted octanol–water partition coefficient (Wildman–Crippen LogP) is 5.52. The van der Waals surface area contributed by atoms with Crippen molar-refractivity contribution >= 4 is 17.8 Å². The number of aliphatic hydroxyl groups excluding tert-OH is 1. The van der Waals surface area contributed by atoms with Crippen LogP contribution in [-0.4, -0.2) is 11.3 Å². The molecule has 2 atom stereocenters. The summed E-state index contributed by atoms with van der Waals surface area (Å²) in [6.07, 6.45) is 11.5. The van der Waals surface area contributed by atoms with Crippen molar-refractivity contribution < 1.29 is 5.11 Å². The first-order valence-electron chi connectivity index (χ1n) is 7.56. The summed E-state index contributed by atoms with van der Waals surface area (Å²) >= 11 is 6.57. The third kappa shape index (κ3) is 3.76. The molecule has 0 amide bonds. The maximum atomic E-state index is 10.2. The molecule has 2 bridgehead atoms. The summed E-state index contributed by atoms with van der Waals surface area (Å²) in [6.45, 7) is 4.36. The van der Waals surface area contributed by atoms with Gasteiger partial charge in [-0.15, -0.1) is 0 Å². The first kappa shape index (κ1) is 15.4. The van der Waals surface area contributed by atoms with Gasteiger partial charge in [0.2, 0.25) is 0 Å². The molecule has 110 valence electrons. The minimum Gasteiger partial charge on any atom is -0.512 e. The van der Waals surface area contributed by atoms with Gasteiger partial charge in [0, 0.05) is 23.4 Å². The number of rotatable bonds is 0. The van der Waals surface area contributed by atoms with Crippen molar-refractivity contribution in [1.29, 1.82) is 0 Å². The van der Waals surface area contributed by atoms with Crippen molar-refractivity contribution in [3.63, 3.8) is 0 Å². The van der Waals surface area contributed by atoms with Crippen LogP contribution < -0.4 is 0 Å². The Morgan fingerprint density at radius 2 is 2.15 bits per heavy atom. The number of nitrogens with zero attached hydrogens (tertiary/aromatic N) is 1. The number of aliphatic imine (C=N–C) groups is 1. The molecule has 0 spiro atoms. The summed E-state index contributed by atoms with van der Waals surface area (Å²) in [5, 5.41) is 11.1. The molecule has 1 aliphatic carbocycles. The molecule has 20 heavy (non-hydrogen) atoms. The monoisotopic (exact) mass is 293 g/mol. The minimum atomic E-state index is 0.184. The highest BCUT2D eigenvalue weighted by molar-refractivity contribution is 6.32. The van der Waals surface area contributed by atoms with E-state index in [0.717, 1.165) is 49.1 Å². The normalized spacial score (nSPS) is 37.8. The van der Waals surface area contributed by atoms with Crippen LogP contribution in [0.5, 0.6) is 0 Å². The third-order valence-corrected chi connectivity index (χ3v) is 5.01. The Bertz CT molecular complexity index is 473. The van der Waals surface area contributed by atoms with Crippen molar-refractivity contribution in [3.8, 4) is 0 Å². The Hall–Kier alpha value is -1.02. The first-order chi connectivity index (χ1) is 9.59. The number of aliphatic hydroxyl groups is 1. The van der Waals surface area contributed by atoms with Crippen LogP contribution in [0.1, 0.15) is 52.4 Å². The summed E-state index contributed by atoms with van der Waals surface area (Å²) in [4.78, 5) is 4.34. The molecule has 2 aliphatic rings. The van der Waals surface area contributed by atoms with Crippen LogP contribution in [0, 0.1) is 11.8 Å². The second-order valence-electron chi connectivity index (χ2n) is 5.92. The van der Waals surface area contributed by atoms with E-state index >= 15 is 0 Å². The van der Waals surface area contributed by atoms with Gasteiger partial charge in [0.25, 0.3) is 0 Å². The topological polar surface area (TPSA) is 32.6 Å². The van der Waals surface area contributed by atoms with Gasteiger partial charge in [-0.3, -0.25) is 4.99 Å². The van der Waals surface area contributed by atoms with E-state index in [1.54, 1.807) is 0 Å². The Kier molecular flexibility index (Phi) is 5.47. The van der Waals surface area contributed by atoms with Crippen LogP contribution in [0.15, 0.2) is 39.2 Å². The summed E-state index contributed by atoms with van der Waals surface area (Å²) in [7, 11) is 0. The minimum absolute atomic E-state index is 0.184. The van der Waals surface area contributed by atoms with Gasteiger partial charge in [-0.1, -0.05) is 24.1 Å². The molecule has 1 heterocycles. The third-order valence-electron chi connectivity index (χ3n) is 4.47. The summed E-state index contributed by atoms with van der Waals surface area (Å²) < 4.78 is 0. The Morgan fingerprint density at radius 3 is 2.95 bits per heavy atom. The zero-order chi connectivity index (χ0) is 14.5. The SMILES string of the molecule is C/C1=C(Cl)/C2=C/N=CCC(CC2)/C(O)=C/CCCC1C. The van der Waals surface area contributed by atoms with Crippen LogP contribution in [0.2, 0.25) is 0 Å². The second-order valence-corrected chi connectivity index (χ2v) is 6.29. The van der Waals surface area contributed by atoms with Gasteiger partial charge in [0.05, 0.1) is 5.76 Å². The van der Waals surface area contributed by atoms with E-state index in [2.05, 4.69) is 18.8 Å². The lowest BCUT2D eigenvalue weighted by atomic mass is 9.89. The quantitative estimate of drug-likeness (QED) is 0.627. The van der Waals surface area contributed by atoms with Gasteiger partial charge in [-0.2, -0.15) is 0 Å². The molecule has 0 fully saturated rings. The fourth-order valence-electron chi connectivity index (χ4n) is 2.80. The lowest BCUT2D eigenvalue weighted by Crippen LogP contribution is -2.09. The second kappa shape index (κ2) is 7.12. The highest BCUT2D eigenvalue weighted by Gasteiger charge is 2.19. The summed E-state index contributed by atoms with van der Waals surface area (Å²) in [6, 6.07) is 0. The van der Waals surface area contributed by atoms with Gasteiger partial charge in [-0.25, -0.2) is 0 Å². The lowest BCUT2D eigenvalue weighted by molar-refractivity contribution is 0.320. The van der Waals surface area contributed by atoms with E-state index < -0.39 is 0 Å². The number of fused-ring (bicyclic) bond motifs is 3. The molecule has 0 aromatic carbocycles. The number of allylic oxidation sites excluding steroid dienone is 5. The Labute approximate surface area is 126 Å². The zero-order valence-corrected chi connectivity index (χ0v) is 13.2. The van der Waals surface area contributed by atoms with Gasteiger partial charge < -0.3 is 5.11 Å².